The quantitative estimate of drug-likeness (QED) is 0.608. The molecule has 1 heterocycles. The fourth-order valence-electron chi connectivity index (χ4n) is 1.67. The van der Waals surface area contributed by atoms with Gasteiger partial charge in [0.15, 0.2) is 0 Å². The van der Waals surface area contributed by atoms with Crippen molar-refractivity contribution in [3.63, 3.8) is 0 Å². The molecule has 7 nitrogen and oxygen atoms in total. The van der Waals surface area contributed by atoms with Gasteiger partial charge in [-0.15, -0.1) is 0 Å². The number of nitrogens with zero attached hydrogens (tertiary/aromatic N) is 3. The zero-order valence-corrected chi connectivity index (χ0v) is 13.4. The Labute approximate surface area is 126 Å². The molecular weight excluding hydrogens is 270 g/mol. The van der Waals surface area contributed by atoms with Crippen LogP contribution in [0, 0.1) is 0 Å². The molecule has 21 heavy (non-hydrogen) atoms. The van der Waals surface area contributed by atoms with Gasteiger partial charge in [0.1, 0.15) is 0 Å². The molecule has 0 unspecified atom stereocenters. The average molecular weight is 297 g/mol. The van der Waals surface area contributed by atoms with Gasteiger partial charge in [0, 0.05) is 13.1 Å². The van der Waals surface area contributed by atoms with Crippen molar-refractivity contribution in [2.75, 3.05) is 30.3 Å². The number of aromatic nitrogens is 3. The van der Waals surface area contributed by atoms with E-state index in [0.29, 0.717) is 50.4 Å². The van der Waals surface area contributed by atoms with Gasteiger partial charge < -0.3 is 20.5 Å². The van der Waals surface area contributed by atoms with Gasteiger partial charge in [-0.1, -0.05) is 20.8 Å². The highest BCUT2D eigenvalue weighted by Gasteiger charge is 2.22. The van der Waals surface area contributed by atoms with Gasteiger partial charge in [-0.05, 0) is 26.2 Å². The highest BCUT2D eigenvalue weighted by molar-refractivity contribution is 5.36. The molecule has 1 aromatic rings. The molecule has 0 spiro atoms. The van der Waals surface area contributed by atoms with E-state index in [4.69, 9.17) is 4.74 Å². The van der Waals surface area contributed by atoms with Gasteiger partial charge in [0.2, 0.25) is 11.9 Å². The van der Waals surface area contributed by atoms with Gasteiger partial charge in [0.05, 0.1) is 12.2 Å². The number of nitrogens with one attached hydrogen (secondary N) is 2. The Balaban J connectivity index is 2.81. The Morgan fingerprint density at radius 1 is 1.00 bits per heavy atom. The van der Waals surface area contributed by atoms with Crippen molar-refractivity contribution >= 4 is 11.9 Å². The third kappa shape index (κ3) is 5.71. The summed E-state index contributed by atoms with van der Waals surface area (Å²) in [7, 11) is 0. The minimum atomic E-state index is -0.755. The summed E-state index contributed by atoms with van der Waals surface area (Å²) in [5.41, 5.74) is -0.755. The summed E-state index contributed by atoms with van der Waals surface area (Å²) in [4.78, 5) is 12.7. The van der Waals surface area contributed by atoms with Crippen LogP contribution in [0.2, 0.25) is 0 Å². The average Bonchev–Trinajstić information content (AvgIpc) is 2.51. The van der Waals surface area contributed by atoms with Crippen molar-refractivity contribution < 1.29 is 9.84 Å². The normalized spacial score (nSPS) is 11.3. The number of hydrogen-bond acceptors (Lipinski definition) is 7. The lowest BCUT2D eigenvalue weighted by Crippen LogP contribution is -2.35. The number of anilines is 2. The van der Waals surface area contributed by atoms with E-state index < -0.39 is 5.60 Å². The summed E-state index contributed by atoms with van der Waals surface area (Å²) in [5, 5.41) is 16.4. The van der Waals surface area contributed by atoms with E-state index in [2.05, 4.69) is 25.6 Å². The summed E-state index contributed by atoms with van der Waals surface area (Å²) < 4.78 is 5.46. The van der Waals surface area contributed by atoms with Crippen molar-refractivity contribution in [1.29, 1.82) is 0 Å². The van der Waals surface area contributed by atoms with E-state index in [1.807, 2.05) is 27.7 Å². The second-order valence-electron chi connectivity index (χ2n) is 4.93. The van der Waals surface area contributed by atoms with E-state index in [-0.39, 0.29) is 0 Å². The third-order valence-corrected chi connectivity index (χ3v) is 3.28. The number of aliphatic hydroxyl groups is 1. The van der Waals surface area contributed by atoms with Crippen molar-refractivity contribution in [3.8, 4) is 6.01 Å². The number of hydrogen-bond donors (Lipinski definition) is 3. The Morgan fingerprint density at radius 2 is 1.62 bits per heavy atom. The highest BCUT2D eigenvalue weighted by Crippen LogP contribution is 2.17. The predicted octanol–water partition coefficient (Wildman–Crippen LogP) is 2.06. The highest BCUT2D eigenvalue weighted by atomic mass is 16.5. The largest absolute Gasteiger partial charge is 0.463 e. The molecule has 7 heteroatoms. The first-order chi connectivity index (χ1) is 10.1. The molecule has 0 fully saturated rings. The first-order valence-electron chi connectivity index (χ1n) is 7.65. The van der Waals surface area contributed by atoms with Crippen LogP contribution < -0.4 is 15.4 Å². The zero-order chi connectivity index (χ0) is 15.7. The molecule has 0 atom stereocenters. The summed E-state index contributed by atoms with van der Waals surface area (Å²) in [6, 6.07) is 0.293. The Morgan fingerprint density at radius 3 is 2.14 bits per heavy atom. The van der Waals surface area contributed by atoms with Crippen LogP contribution in [0.5, 0.6) is 6.01 Å². The van der Waals surface area contributed by atoms with E-state index in [9.17, 15) is 5.11 Å². The molecule has 120 valence electrons. The second kappa shape index (κ2) is 8.61. The maximum Gasteiger partial charge on any atom is 0.323 e. The van der Waals surface area contributed by atoms with Crippen LogP contribution >= 0.6 is 0 Å². The van der Waals surface area contributed by atoms with E-state index in [1.165, 1.54) is 0 Å². The lowest BCUT2D eigenvalue weighted by Gasteiger charge is -2.25. The van der Waals surface area contributed by atoms with Gasteiger partial charge in [-0.25, -0.2) is 0 Å². The van der Waals surface area contributed by atoms with Crippen LogP contribution in [-0.4, -0.2) is 45.4 Å². The molecule has 0 saturated carbocycles. The van der Waals surface area contributed by atoms with Crippen molar-refractivity contribution in [2.45, 2.75) is 52.6 Å². The SMILES string of the molecule is CCCOc1nc(NCC)nc(NCC(O)(CC)CC)n1. The molecule has 0 bridgehead atoms. The van der Waals surface area contributed by atoms with E-state index in [1.54, 1.807) is 0 Å². The first-order valence-corrected chi connectivity index (χ1v) is 7.65. The van der Waals surface area contributed by atoms with Crippen LogP contribution in [0.1, 0.15) is 47.0 Å². The Kier molecular flexibility index (Phi) is 7.14. The Bertz CT molecular complexity index is 424. The topological polar surface area (TPSA) is 92.2 Å². The van der Waals surface area contributed by atoms with E-state index >= 15 is 0 Å². The fraction of sp³-hybridized carbons (Fsp3) is 0.786. The van der Waals surface area contributed by atoms with Crippen molar-refractivity contribution in [2.24, 2.45) is 0 Å². The Hall–Kier alpha value is -1.63. The van der Waals surface area contributed by atoms with Gasteiger partial charge in [-0.3, -0.25) is 0 Å². The number of rotatable bonds is 10. The standard InChI is InChI=1S/C14H27N5O2/c1-5-9-21-13-18-11(15-8-4)17-12(19-13)16-10-14(20,6-2)7-3/h20H,5-10H2,1-4H3,(H2,15,16,17,18,19). The van der Waals surface area contributed by atoms with Gasteiger partial charge >= 0.3 is 6.01 Å². The summed E-state index contributed by atoms with van der Waals surface area (Å²) in [6.07, 6.45) is 2.22. The molecule has 0 aliphatic carbocycles. The minimum Gasteiger partial charge on any atom is -0.463 e. The van der Waals surface area contributed by atoms with Gasteiger partial charge in [-0.2, -0.15) is 15.0 Å². The molecule has 1 aromatic heterocycles. The first kappa shape index (κ1) is 17.4. The third-order valence-electron chi connectivity index (χ3n) is 3.28. The molecule has 0 aromatic carbocycles. The molecule has 0 radical (unpaired) electrons. The smallest absolute Gasteiger partial charge is 0.323 e. The van der Waals surface area contributed by atoms with Crippen molar-refractivity contribution in [3.05, 3.63) is 0 Å². The molecule has 1 rings (SSSR count). The lowest BCUT2D eigenvalue weighted by atomic mass is 9.98. The second-order valence-corrected chi connectivity index (χ2v) is 4.93. The molecule has 0 saturated heterocycles. The van der Waals surface area contributed by atoms with E-state index in [0.717, 1.165) is 6.42 Å². The molecule has 0 amide bonds. The minimum absolute atomic E-state index is 0.293. The fourth-order valence-corrected chi connectivity index (χ4v) is 1.67. The predicted molar refractivity (Wildman–Crippen MR) is 83.8 cm³/mol. The summed E-state index contributed by atoms with van der Waals surface area (Å²) >= 11 is 0. The van der Waals surface area contributed by atoms with Crippen LogP contribution in [-0.2, 0) is 0 Å². The molecular formula is C14H27N5O2. The maximum absolute atomic E-state index is 10.3. The molecule has 0 aliphatic heterocycles. The monoisotopic (exact) mass is 297 g/mol. The number of ether oxygens (including phenoxy) is 1. The maximum atomic E-state index is 10.3. The molecule has 0 aliphatic rings. The zero-order valence-electron chi connectivity index (χ0n) is 13.4. The van der Waals surface area contributed by atoms with Crippen molar-refractivity contribution in [1.82, 2.24) is 15.0 Å². The van der Waals surface area contributed by atoms with Gasteiger partial charge in [0.25, 0.3) is 0 Å². The van der Waals surface area contributed by atoms with Crippen LogP contribution in [0.3, 0.4) is 0 Å². The molecule has 3 N–H and O–H groups in total. The summed E-state index contributed by atoms with van der Waals surface area (Å²) in [6.45, 7) is 9.57. The summed E-state index contributed by atoms with van der Waals surface area (Å²) in [5.74, 6) is 0.880. The van der Waals surface area contributed by atoms with Crippen LogP contribution in [0.4, 0.5) is 11.9 Å². The van der Waals surface area contributed by atoms with Crippen LogP contribution in [0.15, 0.2) is 0 Å². The lowest BCUT2D eigenvalue weighted by molar-refractivity contribution is 0.0455. The van der Waals surface area contributed by atoms with Crippen LogP contribution in [0.25, 0.3) is 0 Å².